The fourth-order valence-electron chi connectivity index (χ4n) is 2.43. The van der Waals surface area contributed by atoms with Crippen LogP contribution in [0.25, 0.3) is 0 Å². The van der Waals surface area contributed by atoms with E-state index in [0.717, 1.165) is 31.5 Å². The molecule has 0 atom stereocenters. The van der Waals surface area contributed by atoms with Gasteiger partial charge in [-0.1, -0.05) is 6.42 Å². The number of carbonyl (C=O) groups excluding carboxylic acids is 1. The van der Waals surface area contributed by atoms with Crippen LogP contribution < -0.4 is 11.0 Å². The summed E-state index contributed by atoms with van der Waals surface area (Å²) in [5, 5.41) is 14.2. The molecule has 0 spiro atoms. The first kappa shape index (κ1) is 13.5. The topological polar surface area (TPSA) is 94.7 Å². The zero-order chi connectivity index (χ0) is 14.7. The van der Waals surface area contributed by atoms with E-state index in [9.17, 15) is 9.59 Å². The van der Waals surface area contributed by atoms with E-state index in [4.69, 9.17) is 0 Å². The van der Waals surface area contributed by atoms with E-state index >= 15 is 0 Å². The first-order valence-corrected chi connectivity index (χ1v) is 6.97. The van der Waals surface area contributed by atoms with Crippen LogP contribution in [0.3, 0.4) is 0 Å². The highest BCUT2D eigenvalue weighted by Crippen LogP contribution is 2.10. The molecule has 0 saturated carbocycles. The van der Waals surface area contributed by atoms with Crippen molar-refractivity contribution in [3.8, 4) is 0 Å². The Morgan fingerprint density at radius 3 is 3.00 bits per heavy atom. The molecule has 1 N–H and O–H groups in total. The van der Waals surface area contributed by atoms with Crippen molar-refractivity contribution in [1.82, 2.24) is 24.5 Å². The number of nitrogens with one attached hydrogen (secondary N) is 1. The third-order valence-electron chi connectivity index (χ3n) is 3.44. The van der Waals surface area contributed by atoms with Crippen LogP contribution in [0.15, 0.2) is 23.3 Å². The number of anilines is 1. The van der Waals surface area contributed by atoms with Crippen molar-refractivity contribution < 1.29 is 4.79 Å². The Morgan fingerprint density at radius 1 is 1.29 bits per heavy atom. The summed E-state index contributed by atoms with van der Waals surface area (Å²) in [6.07, 6.45) is 6.85. The van der Waals surface area contributed by atoms with Crippen LogP contribution in [-0.2, 0) is 24.3 Å². The minimum Gasteiger partial charge on any atom is -0.323 e. The fourth-order valence-corrected chi connectivity index (χ4v) is 2.43. The number of carbonyl (C=O) groups is 1. The molecule has 0 bridgehead atoms. The SMILES string of the molecule is O=C(Cn1nc2n(c1=O)CCCCC2)Nc1ccnnc1. The second kappa shape index (κ2) is 5.86. The Hall–Kier alpha value is -2.51. The molecule has 3 heterocycles. The summed E-state index contributed by atoms with van der Waals surface area (Å²) in [5.74, 6) is 0.467. The normalized spacial score (nSPS) is 14.3. The molecule has 110 valence electrons. The summed E-state index contributed by atoms with van der Waals surface area (Å²) in [6.45, 7) is 0.589. The minimum atomic E-state index is -0.307. The number of amides is 1. The monoisotopic (exact) mass is 288 g/mol. The van der Waals surface area contributed by atoms with Crippen molar-refractivity contribution in [2.45, 2.75) is 38.8 Å². The average molecular weight is 288 g/mol. The Bertz CT molecular complexity index is 690. The largest absolute Gasteiger partial charge is 0.346 e. The van der Waals surface area contributed by atoms with E-state index in [-0.39, 0.29) is 18.1 Å². The lowest BCUT2D eigenvalue weighted by molar-refractivity contribution is -0.117. The van der Waals surface area contributed by atoms with Gasteiger partial charge in [-0.3, -0.25) is 9.36 Å². The third kappa shape index (κ3) is 2.99. The highest BCUT2D eigenvalue weighted by atomic mass is 16.2. The molecule has 1 amide bonds. The van der Waals surface area contributed by atoms with Crippen LogP contribution >= 0.6 is 0 Å². The van der Waals surface area contributed by atoms with Crippen LogP contribution in [0, 0.1) is 0 Å². The molecule has 0 saturated heterocycles. The molecule has 0 aromatic carbocycles. The first-order valence-electron chi connectivity index (χ1n) is 6.97. The summed E-state index contributed by atoms with van der Waals surface area (Å²) >= 11 is 0. The molecular formula is C13H16N6O2. The van der Waals surface area contributed by atoms with Crippen molar-refractivity contribution in [2.24, 2.45) is 0 Å². The Kier molecular flexibility index (Phi) is 3.76. The summed E-state index contributed by atoms with van der Waals surface area (Å²) in [7, 11) is 0. The number of fused-ring (bicyclic) bond motifs is 1. The lowest BCUT2D eigenvalue weighted by atomic mass is 10.2. The van der Waals surface area contributed by atoms with Crippen LogP contribution in [0.5, 0.6) is 0 Å². The van der Waals surface area contributed by atoms with E-state index in [2.05, 4.69) is 20.6 Å². The maximum Gasteiger partial charge on any atom is 0.346 e. The van der Waals surface area contributed by atoms with E-state index in [0.29, 0.717) is 12.2 Å². The number of hydrogen-bond acceptors (Lipinski definition) is 5. The van der Waals surface area contributed by atoms with Crippen LogP contribution in [0.2, 0.25) is 0 Å². The van der Waals surface area contributed by atoms with Gasteiger partial charge in [0.05, 0.1) is 18.1 Å². The maximum absolute atomic E-state index is 12.2. The number of hydrogen-bond donors (Lipinski definition) is 1. The molecule has 8 heteroatoms. The van der Waals surface area contributed by atoms with Gasteiger partial charge in [-0.05, 0) is 18.9 Å². The van der Waals surface area contributed by atoms with Crippen molar-refractivity contribution >= 4 is 11.6 Å². The van der Waals surface area contributed by atoms with Gasteiger partial charge in [-0.25, -0.2) is 9.48 Å². The van der Waals surface area contributed by atoms with Crippen molar-refractivity contribution in [3.63, 3.8) is 0 Å². The van der Waals surface area contributed by atoms with Crippen molar-refractivity contribution in [3.05, 3.63) is 34.8 Å². The molecule has 2 aromatic heterocycles. The first-order chi connectivity index (χ1) is 10.2. The van der Waals surface area contributed by atoms with Gasteiger partial charge in [0.1, 0.15) is 12.4 Å². The smallest absolute Gasteiger partial charge is 0.323 e. The van der Waals surface area contributed by atoms with Crippen LogP contribution in [0.4, 0.5) is 5.69 Å². The molecule has 3 rings (SSSR count). The number of rotatable bonds is 3. The Balaban J connectivity index is 1.73. The molecule has 1 aliphatic rings. The molecule has 21 heavy (non-hydrogen) atoms. The highest BCUT2D eigenvalue weighted by molar-refractivity contribution is 5.90. The third-order valence-corrected chi connectivity index (χ3v) is 3.44. The van der Waals surface area contributed by atoms with Gasteiger partial charge in [-0.15, -0.1) is 0 Å². The van der Waals surface area contributed by atoms with E-state index in [1.165, 1.54) is 17.1 Å². The molecule has 0 fully saturated rings. The second-order valence-electron chi connectivity index (χ2n) is 5.00. The van der Waals surface area contributed by atoms with Gasteiger partial charge in [-0.2, -0.15) is 15.3 Å². The quantitative estimate of drug-likeness (QED) is 0.870. The molecule has 1 aliphatic heterocycles. The predicted molar refractivity (Wildman–Crippen MR) is 74.7 cm³/mol. The molecule has 0 radical (unpaired) electrons. The molecule has 8 nitrogen and oxygen atoms in total. The van der Waals surface area contributed by atoms with Gasteiger partial charge in [0.15, 0.2) is 0 Å². The van der Waals surface area contributed by atoms with Gasteiger partial charge >= 0.3 is 5.69 Å². The zero-order valence-electron chi connectivity index (χ0n) is 11.5. The number of aromatic nitrogens is 5. The zero-order valence-corrected chi connectivity index (χ0v) is 11.5. The van der Waals surface area contributed by atoms with E-state index in [1.54, 1.807) is 10.6 Å². The number of aryl methyl sites for hydroxylation is 1. The number of nitrogens with zero attached hydrogens (tertiary/aromatic N) is 5. The van der Waals surface area contributed by atoms with Gasteiger partial charge in [0, 0.05) is 13.0 Å². The Morgan fingerprint density at radius 2 is 2.19 bits per heavy atom. The van der Waals surface area contributed by atoms with Gasteiger partial charge < -0.3 is 5.32 Å². The molecule has 0 unspecified atom stereocenters. The van der Waals surface area contributed by atoms with E-state index in [1.807, 2.05) is 0 Å². The standard InChI is InChI=1S/C13H16N6O2/c20-12(16-10-5-6-14-15-8-10)9-19-13(21)18-7-3-1-2-4-11(18)17-19/h5-6,8H,1-4,7,9H2,(H,14,16,20). The van der Waals surface area contributed by atoms with Crippen LogP contribution in [-0.4, -0.2) is 30.5 Å². The van der Waals surface area contributed by atoms with E-state index < -0.39 is 0 Å². The molecule has 0 aliphatic carbocycles. The summed E-state index contributed by atoms with van der Waals surface area (Å²) in [5.41, 5.74) is 0.332. The van der Waals surface area contributed by atoms with Crippen molar-refractivity contribution in [1.29, 1.82) is 0 Å². The molecule has 2 aromatic rings. The lowest BCUT2D eigenvalue weighted by Gasteiger charge is -2.03. The van der Waals surface area contributed by atoms with Gasteiger partial charge in [0.25, 0.3) is 0 Å². The Labute approximate surface area is 120 Å². The average Bonchev–Trinajstić information content (AvgIpc) is 2.67. The van der Waals surface area contributed by atoms with Gasteiger partial charge in [0.2, 0.25) is 5.91 Å². The summed E-state index contributed by atoms with van der Waals surface area (Å²) in [6, 6.07) is 1.63. The van der Waals surface area contributed by atoms with Crippen molar-refractivity contribution in [2.75, 3.05) is 5.32 Å². The molecular weight excluding hydrogens is 272 g/mol. The lowest BCUT2D eigenvalue weighted by Crippen LogP contribution is -2.30. The second-order valence-corrected chi connectivity index (χ2v) is 5.00. The van der Waals surface area contributed by atoms with Crippen LogP contribution in [0.1, 0.15) is 25.1 Å². The summed E-state index contributed by atoms with van der Waals surface area (Å²) in [4.78, 5) is 24.2. The predicted octanol–water partition coefficient (Wildman–Crippen LogP) is 0.200. The minimum absolute atomic E-state index is 0.0961. The summed E-state index contributed by atoms with van der Waals surface area (Å²) < 4.78 is 2.90. The maximum atomic E-state index is 12.2. The fraction of sp³-hybridized carbons (Fsp3) is 0.462. The highest BCUT2D eigenvalue weighted by Gasteiger charge is 2.17.